The lowest BCUT2D eigenvalue weighted by molar-refractivity contribution is -0.0678. The number of H-pyrrole nitrogens is 1. The van der Waals surface area contributed by atoms with E-state index in [1.807, 2.05) is 17.7 Å². The Bertz CT molecular complexity index is 1190. The van der Waals surface area contributed by atoms with Crippen LogP contribution in [-0.2, 0) is 22.6 Å². The van der Waals surface area contributed by atoms with E-state index in [1.54, 1.807) is 25.6 Å². The lowest BCUT2D eigenvalue weighted by Crippen LogP contribution is -2.36. The van der Waals surface area contributed by atoms with Crippen LogP contribution in [0.5, 0.6) is 0 Å². The number of aromatic amines is 1. The van der Waals surface area contributed by atoms with Gasteiger partial charge in [-0.3, -0.25) is 14.8 Å². The van der Waals surface area contributed by atoms with Crippen molar-refractivity contribution in [3.63, 3.8) is 0 Å². The molecular weight excluding hydrogens is 375 g/mol. The Kier molecular flexibility index (Phi) is 4.14. The number of methoxy groups -OCH3 is 1. The summed E-state index contributed by atoms with van der Waals surface area (Å²) in [4.78, 5) is 8.59. The van der Waals surface area contributed by atoms with Crippen LogP contribution in [0.25, 0.3) is 33.5 Å². The molecular formula is C20H19FN6O2. The minimum atomic E-state index is -0.509. The number of nitrogens with zero attached hydrogens (tertiary/aromatic N) is 5. The Balaban J connectivity index is 1.78. The SMILES string of the molecule is CO[C@]1(C)COCc2c(-c3ccnc4[nH]ncc34)c(-c3ccc(F)cn3)nn2C1. The highest BCUT2D eigenvalue weighted by atomic mass is 19.1. The summed E-state index contributed by atoms with van der Waals surface area (Å²) in [6.45, 7) is 3.32. The summed E-state index contributed by atoms with van der Waals surface area (Å²) in [5.41, 5.74) is 4.09. The molecule has 8 nitrogen and oxygen atoms in total. The summed E-state index contributed by atoms with van der Waals surface area (Å²) in [7, 11) is 1.67. The van der Waals surface area contributed by atoms with E-state index in [9.17, 15) is 4.39 Å². The van der Waals surface area contributed by atoms with Crippen molar-refractivity contribution in [1.29, 1.82) is 0 Å². The highest BCUT2D eigenvalue weighted by molar-refractivity contribution is 5.97. The molecule has 4 aromatic heterocycles. The molecule has 29 heavy (non-hydrogen) atoms. The van der Waals surface area contributed by atoms with Crippen molar-refractivity contribution in [2.24, 2.45) is 0 Å². The molecule has 5 rings (SSSR count). The van der Waals surface area contributed by atoms with E-state index < -0.39 is 11.4 Å². The summed E-state index contributed by atoms with van der Waals surface area (Å²) in [6.07, 6.45) is 4.65. The molecule has 0 unspecified atom stereocenters. The predicted octanol–water partition coefficient (Wildman–Crippen LogP) is 2.96. The van der Waals surface area contributed by atoms with E-state index in [0.717, 1.165) is 22.2 Å². The number of rotatable bonds is 3. The molecule has 0 bridgehead atoms. The average molecular weight is 394 g/mol. The largest absolute Gasteiger partial charge is 0.374 e. The number of ether oxygens (including phenoxy) is 2. The van der Waals surface area contributed by atoms with Crippen molar-refractivity contribution in [3.05, 3.63) is 48.3 Å². The van der Waals surface area contributed by atoms with E-state index in [0.29, 0.717) is 36.8 Å². The fourth-order valence-corrected chi connectivity index (χ4v) is 3.67. The first kappa shape index (κ1) is 17.9. The Labute approximate surface area is 165 Å². The van der Waals surface area contributed by atoms with Gasteiger partial charge in [0.15, 0.2) is 5.65 Å². The molecule has 5 heterocycles. The smallest absolute Gasteiger partial charge is 0.155 e. The van der Waals surface area contributed by atoms with Crippen LogP contribution >= 0.6 is 0 Å². The minimum Gasteiger partial charge on any atom is -0.374 e. The van der Waals surface area contributed by atoms with Crippen molar-refractivity contribution in [2.45, 2.75) is 25.7 Å². The predicted molar refractivity (Wildman–Crippen MR) is 103 cm³/mol. The molecule has 148 valence electrons. The highest BCUT2D eigenvalue weighted by Crippen LogP contribution is 2.38. The van der Waals surface area contributed by atoms with Crippen molar-refractivity contribution >= 4 is 11.0 Å². The second-order valence-corrected chi connectivity index (χ2v) is 7.33. The third kappa shape index (κ3) is 2.99. The highest BCUT2D eigenvalue weighted by Gasteiger charge is 2.33. The van der Waals surface area contributed by atoms with E-state index in [1.165, 1.54) is 12.3 Å². The monoisotopic (exact) mass is 394 g/mol. The molecule has 0 spiro atoms. The van der Waals surface area contributed by atoms with Gasteiger partial charge in [0.1, 0.15) is 17.1 Å². The van der Waals surface area contributed by atoms with Crippen LogP contribution in [0.15, 0.2) is 36.8 Å². The van der Waals surface area contributed by atoms with Gasteiger partial charge in [0, 0.05) is 29.8 Å². The van der Waals surface area contributed by atoms with Crippen molar-refractivity contribution in [1.82, 2.24) is 29.9 Å². The quantitative estimate of drug-likeness (QED) is 0.575. The summed E-state index contributed by atoms with van der Waals surface area (Å²) in [6, 6.07) is 4.93. The van der Waals surface area contributed by atoms with Gasteiger partial charge >= 0.3 is 0 Å². The molecule has 1 atom stereocenters. The summed E-state index contributed by atoms with van der Waals surface area (Å²) < 4.78 is 27.0. The number of halogens is 1. The number of hydrogen-bond donors (Lipinski definition) is 1. The zero-order chi connectivity index (χ0) is 20.0. The van der Waals surface area contributed by atoms with E-state index in [4.69, 9.17) is 14.6 Å². The van der Waals surface area contributed by atoms with Gasteiger partial charge in [0.05, 0.1) is 43.5 Å². The Morgan fingerprint density at radius 2 is 2.14 bits per heavy atom. The molecule has 0 aliphatic carbocycles. The van der Waals surface area contributed by atoms with Gasteiger partial charge in [-0.2, -0.15) is 10.2 Å². The molecule has 0 fully saturated rings. The Morgan fingerprint density at radius 1 is 1.24 bits per heavy atom. The maximum atomic E-state index is 13.5. The van der Waals surface area contributed by atoms with Gasteiger partial charge in [0.2, 0.25) is 0 Å². The maximum absolute atomic E-state index is 13.5. The maximum Gasteiger partial charge on any atom is 0.155 e. The third-order valence-electron chi connectivity index (χ3n) is 5.27. The van der Waals surface area contributed by atoms with Crippen LogP contribution in [0, 0.1) is 5.82 Å². The molecule has 9 heteroatoms. The van der Waals surface area contributed by atoms with Gasteiger partial charge in [-0.25, -0.2) is 9.37 Å². The normalized spacial score (nSPS) is 19.3. The van der Waals surface area contributed by atoms with Crippen LogP contribution in [0.2, 0.25) is 0 Å². The Hall–Kier alpha value is -3.17. The van der Waals surface area contributed by atoms with Crippen molar-refractivity contribution < 1.29 is 13.9 Å². The fraction of sp³-hybridized carbons (Fsp3) is 0.300. The van der Waals surface area contributed by atoms with Crippen LogP contribution < -0.4 is 0 Å². The fourth-order valence-electron chi connectivity index (χ4n) is 3.67. The first-order chi connectivity index (χ1) is 14.1. The molecule has 1 aliphatic heterocycles. The molecule has 1 aliphatic rings. The van der Waals surface area contributed by atoms with E-state index in [2.05, 4.69) is 20.2 Å². The lowest BCUT2D eigenvalue weighted by atomic mass is 9.99. The minimum absolute atomic E-state index is 0.365. The molecule has 0 saturated heterocycles. The number of nitrogens with one attached hydrogen (secondary N) is 1. The average Bonchev–Trinajstić information content (AvgIpc) is 3.30. The second-order valence-electron chi connectivity index (χ2n) is 7.33. The second kappa shape index (κ2) is 6.71. The molecule has 0 radical (unpaired) electrons. The number of pyridine rings is 2. The Morgan fingerprint density at radius 3 is 2.93 bits per heavy atom. The van der Waals surface area contributed by atoms with Gasteiger partial charge in [-0.1, -0.05) is 0 Å². The molecule has 0 aromatic carbocycles. The lowest BCUT2D eigenvalue weighted by Gasteiger charge is -2.25. The molecule has 0 saturated carbocycles. The third-order valence-corrected chi connectivity index (χ3v) is 5.27. The zero-order valence-corrected chi connectivity index (χ0v) is 16.0. The number of aromatic nitrogens is 6. The standard InChI is InChI=1S/C20H19FN6O2/c1-20(28-2)10-27-16(9-29-11-20)17(13-5-6-22-19-14(13)8-24-25-19)18(26-27)15-4-3-12(21)7-23-15/h3-8H,9-11H2,1-2H3,(H,22,24,25)/t20-/m0/s1. The van der Waals surface area contributed by atoms with Crippen molar-refractivity contribution in [3.8, 4) is 22.5 Å². The first-order valence-electron chi connectivity index (χ1n) is 9.21. The zero-order valence-electron chi connectivity index (χ0n) is 16.0. The van der Waals surface area contributed by atoms with Gasteiger partial charge < -0.3 is 9.47 Å². The van der Waals surface area contributed by atoms with Crippen molar-refractivity contribution in [2.75, 3.05) is 13.7 Å². The van der Waals surface area contributed by atoms with Gasteiger partial charge in [-0.05, 0) is 25.1 Å². The summed E-state index contributed by atoms with van der Waals surface area (Å²) in [5, 5.41) is 12.7. The van der Waals surface area contributed by atoms with Crippen LogP contribution in [0.1, 0.15) is 12.6 Å². The van der Waals surface area contributed by atoms with Gasteiger partial charge in [-0.15, -0.1) is 0 Å². The van der Waals surface area contributed by atoms with E-state index in [-0.39, 0.29) is 0 Å². The number of hydrogen-bond acceptors (Lipinski definition) is 6. The molecule has 1 N–H and O–H groups in total. The van der Waals surface area contributed by atoms with Crippen LogP contribution in [0.4, 0.5) is 4.39 Å². The van der Waals surface area contributed by atoms with Gasteiger partial charge in [0.25, 0.3) is 0 Å². The molecule has 0 amide bonds. The van der Waals surface area contributed by atoms with Crippen LogP contribution in [-0.4, -0.2) is 49.3 Å². The summed E-state index contributed by atoms with van der Waals surface area (Å²) in [5.74, 6) is -0.396. The topological polar surface area (TPSA) is 90.7 Å². The molecule has 4 aromatic rings. The van der Waals surface area contributed by atoms with E-state index >= 15 is 0 Å². The van der Waals surface area contributed by atoms with Crippen LogP contribution in [0.3, 0.4) is 0 Å². The number of fused-ring (bicyclic) bond motifs is 2. The summed E-state index contributed by atoms with van der Waals surface area (Å²) >= 11 is 0. The first-order valence-corrected chi connectivity index (χ1v) is 9.21.